The highest BCUT2D eigenvalue weighted by Crippen LogP contribution is 2.02. The number of hydrogen-bond acceptors (Lipinski definition) is 12. The van der Waals surface area contributed by atoms with E-state index in [1.807, 2.05) is 0 Å². The van der Waals surface area contributed by atoms with Crippen molar-refractivity contribution in [1.29, 1.82) is 0 Å². The van der Waals surface area contributed by atoms with Gasteiger partial charge in [-0.25, -0.2) is 19.2 Å². The van der Waals surface area contributed by atoms with Crippen molar-refractivity contribution in [3.05, 3.63) is 0 Å². The monoisotopic (exact) mass is 438 g/mol. The zero-order valence-corrected chi connectivity index (χ0v) is 15.6. The first-order valence-corrected chi connectivity index (χ1v) is 8.07. The lowest BCUT2D eigenvalue weighted by molar-refractivity contribution is -0.154. The van der Waals surface area contributed by atoms with E-state index >= 15 is 0 Å². The SMILES string of the molecule is NC(=O)OCC(COC(=O)CCC(=O)OCC(COC(N)=O)OC(N)=O)OC(N)=O. The summed E-state index contributed by atoms with van der Waals surface area (Å²) >= 11 is 0. The van der Waals surface area contributed by atoms with Crippen molar-refractivity contribution in [2.24, 2.45) is 22.9 Å². The van der Waals surface area contributed by atoms with E-state index in [2.05, 4.69) is 18.9 Å². The summed E-state index contributed by atoms with van der Waals surface area (Å²) in [7, 11) is 0. The van der Waals surface area contributed by atoms with E-state index in [-0.39, 0.29) is 0 Å². The van der Waals surface area contributed by atoms with Crippen LogP contribution in [0.2, 0.25) is 0 Å². The number of esters is 2. The summed E-state index contributed by atoms with van der Waals surface area (Å²) in [6.07, 6.45) is -7.99. The fourth-order valence-electron chi connectivity index (χ4n) is 1.63. The van der Waals surface area contributed by atoms with Gasteiger partial charge in [-0.1, -0.05) is 0 Å². The molecule has 0 aliphatic carbocycles. The Balaban J connectivity index is 4.31. The average Bonchev–Trinajstić information content (AvgIpc) is 2.63. The Labute approximate surface area is 168 Å². The Morgan fingerprint density at radius 1 is 0.500 bits per heavy atom. The van der Waals surface area contributed by atoms with Gasteiger partial charge in [-0.3, -0.25) is 9.59 Å². The third-order valence-electron chi connectivity index (χ3n) is 2.78. The number of carbonyl (C=O) groups excluding carboxylic acids is 6. The van der Waals surface area contributed by atoms with Gasteiger partial charge in [-0.15, -0.1) is 0 Å². The molecule has 0 aliphatic heterocycles. The van der Waals surface area contributed by atoms with Crippen LogP contribution in [0.4, 0.5) is 19.2 Å². The number of nitrogens with two attached hydrogens (primary N) is 4. The van der Waals surface area contributed by atoms with Gasteiger partial charge in [0.2, 0.25) is 0 Å². The van der Waals surface area contributed by atoms with Gasteiger partial charge in [0.15, 0.2) is 12.2 Å². The molecule has 16 heteroatoms. The van der Waals surface area contributed by atoms with Crippen LogP contribution in [-0.4, -0.2) is 74.9 Å². The van der Waals surface area contributed by atoms with Gasteiger partial charge in [0.25, 0.3) is 0 Å². The Hall–Kier alpha value is -3.98. The molecular formula is C14H22N4O12. The molecule has 4 amide bonds. The van der Waals surface area contributed by atoms with Crippen LogP contribution in [0.25, 0.3) is 0 Å². The summed E-state index contributed by atoms with van der Waals surface area (Å²) in [4.78, 5) is 65.9. The number of primary amides is 4. The molecule has 0 bridgehead atoms. The van der Waals surface area contributed by atoms with Crippen LogP contribution >= 0.6 is 0 Å². The van der Waals surface area contributed by atoms with Gasteiger partial charge in [0.05, 0.1) is 12.8 Å². The number of ether oxygens (including phenoxy) is 6. The molecule has 2 atom stereocenters. The van der Waals surface area contributed by atoms with E-state index in [0.717, 1.165) is 0 Å². The predicted molar refractivity (Wildman–Crippen MR) is 91.1 cm³/mol. The van der Waals surface area contributed by atoms with Gasteiger partial charge in [0.1, 0.15) is 26.4 Å². The van der Waals surface area contributed by atoms with Crippen molar-refractivity contribution in [3.63, 3.8) is 0 Å². The summed E-state index contributed by atoms with van der Waals surface area (Å²) in [6, 6.07) is 0. The Morgan fingerprint density at radius 2 is 0.800 bits per heavy atom. The van der Waals surface area contributed by atoms with E-state index < -0.39 is 87.8 Å². The fourth-order valence-corrected chi connectivity index (χ4v) is 1.63. The van der Waals surface area contributed by atoms with Gasteiger partial charge in [-0.05, 0) is 0 Å². The second-order valence-electron chi connectivity index (χ2n) is 5.24. The van der Waals surface area contributed by atoms with Crippen molar-refractivity contribution in [2.45, 2.75) is 25.0 Å². The van der Waals surface area contributed by atoms with Crippen molar-refractivity contribution in [2.75, 3.05) is 26.4 Å². The highest BCUT2D eigenvalue weighted by atomic mass is 16.6. The average molecular weight is 438 g/mol. The van der Waals surface area contributed by atoms with Crippen LogP contribution in [0.15, 0.2) is 0 Å². The molecule has 0 spiro atoms. The standard InChI is InChI=1S/C14H22N4O12/c15-11(21)27-5-7(29-13(17)23)3-25-9(19)1-2-10(20)26-4-8(30-14(18)24)6-28-12(16)22/h7-8H,1-6H2,(H2,15,21)(H2,16,22)(H2,17,23)(H2,18,24). The smallest absolute Gasteiger partial charge is 0.405 e. The Bertz CT molecular complexity index is 586. The van der Waals surface area contributed by atoms with Crippen LogP contribution in [0.3, 0.4) is 0 Å². The molecule has 8 N–H and O–H groups in total. The molecular weight excluding hydrogens is 416 g/mol. The zero-order chi connectivity index (χ0) is 23.1. The molecule has 170 valence electrons. The zero-order valence-electron chi connectivity index (χ0n) is 15.6. The van der Waals surface area contributed by atoms with E-state index in [0.29, 0.717) is 0 Å². The van der Waals surface area contributed by atoms with Crippen LogP contribution < -0.4 is 22.9 Å². The maximum absolute atomic E-state index is 11.6. The number of carbonyl (C=O) groups is 6. The second kappa shape index (κ2) is 14.1. The molecule has 0 fully saturated rings. The molecule has 0 aliphatic rings. The Morgan fingerprint density at radius 3 is 1.07 bits per heavy atom. The number of amides is 4. The molecule has 0 aromatic heterocycles. The maximum atomic E-state index is 11.6. The lowest BCUT2D eigenvalue weighted by Gasteiger charge is -2.16. The first kappa shape index (κ1) is 26.0. The van der Waals surface area contributed by atoms with Crippen molar-refractivity contribution >= 4 is 36.3 Å². The predicted octanol–water partition coefficient (Wildman–Crippen LogP) is -2.03. The normalized spacial score (nSPS) is 11.9. The highest BCUT2D eigenvalue weighted by molar-refractivity contribution is 5.77. The minimum Gasteiger partial charge on any atom is -0.462 e. The molecule has 0 rings (SSSR count). The molecule has 0 aromatic carbocycles. The molecule has 0 heterocycles. The third kappa shape index (κ3) is 15.1. The van der Waals surface area contributed by atoms with Gasteiger partial charge in [-0.2, -0.15) is 0 Å². The molecule has 16 nitrogen and oxygen atoms in total. The molecule has 0 saturated carbocycles. The lowest BCUT2D eigenvalue weighted by atomic mass is 10.3. The van der Waals surface area contributed by atoms with Crippen molar-refractivity contribution in [1.82, 2.24) is 0 Å². The Kier molecular flexibility index (Phi) is 12.2. The molecule has 0 aromatic rings. The number of rotatable bonds is 13. The summed E-state index contributed by atoms with van der Waals surface area (Å²) in [5.74, 6) is -1.77. The third-order valence-corrected chi connectivity index (χ3v) is 2.78. The summed E-state index contributed by atoms with van der Waals surface area (Å²) in [5.41, 5.74) is 19.2. The molecule has 0 radical (unpaired) electrons. The molecule has 30 heavy (non-hydrogen) atoms. The summed E-state index contributed by atoms with van der Waals surface area (Å²) < 4.78 is 27.4. The summed E-state index contributed by atoms with van der Waals surface area (Å²) in [6.45, 7) is -2.07. The maximum Gasteiger partial charge on any atom is 0.405 e. The van der Waals surface area contributed by atoms with Crippen molar-refractivity contribution < 1.29 is 57.2 Å². The van der Waals surface area contributed by atoms with E-state index in [1.165, 1.54) is 0 Å². The summed E-state index contributed by atoms with van der Waals surface area (Å²) in [5, 5.41) is 0. The number of hydrogen-bond donors (Lipinski definition) is 4. The minimum atomic E-state index is -1.21. The van der Waals surface area contributed by atoms with E-state index in [9.17, 15) is 28.8 Å². The quantitative estimate of drug-likeness (QED) is 0.179. The fraction of sp³-hybridized carbons (Fsp3) is 0.571. The topological polar surface area (TPSA) is 262 Å². The second-order valence-corrected chi connectivity index (χ2v) is 5.24. The van der Waals surface area contributed by atoms with Gasteiger partial charge >= 0.3 is 36.3 Å². The molecule has 0 saturated heterocycles. The van der Waals surface area contributed by atoms with Crippen LogP contribution in [0, 0.1) is 0 Å². The van der Waals surface area contributed by atoms with E-state index in [4.69, 9.17) is 32.4 Å². The van der Waals surface area contributed by atoms with Crippen molar-refractivity contribution in [3.8, 4) is 0 Å². The van der Waals surface area contributed by atoms with Gasteiger partial charge in [0, 0.05) is 0 Å². The largest absolute Gasteiger partial charge is 0.462 e. The van der Waals surface area contributed by atoms with E-state index in [1.54, 1.807) is 0 Å². The van der Waals surface area contributed by atoms with Gasteiger partial charge < -0.3 is 51.4 Å². The van der Waals surface area contributed by atoms with Crippen LogP contribution in [0.5, 0.6) is 0 Å². The highest BCUT2D eigenvalue weighted by Gasteiger charge is 2.20. The first-order valence-electron chi connectivity index (χ1n) is 8.07. The lowest BCUT2D eigenvalue weighted by Crippen LogP contribution is -2.34. The minimum absolute atomic E-state index is 0.433. The van der Waals surface area contributed by atoms with Crippen LogP contribution in [-0.2, 0) is 38.0 Å². The molecule has 2 unspecified atom stereocenters. The van der Waals surface area contributed by atoms with Crippen LogP contribution in [0.1, 0.15) is 12.8 Å². The first-order chi connectivity index (χ1) is 14.0.